The van der Waals surface area contributed by atoms with Gasteiger partial charge < -0.3 is 14.7 Å². The van der Waals surface area contributed by atoms with Gasteiger partial charge in [-0.3, -0.25) is 9.59 Å². The molecular formula is C22H27N5O2. The number of aromatic nitrogens is 2. The largest absolute Gasteiger partial charge is 0.339 e. The third-order valence-electron chi connectivity index (χ3n) is 5.93. The zero-order valence-electron chi connectivity index (χ0n) is 16.8. The molecule has 7 heteroatoms. The number of hydrogen-bond acceptors (Lipinski definition) is 5. The Labute approximate surface area is 171 Å². The highest BCUT2D eigenvalue weighted by atomic mass is 16.2. The highest BCUT2D eigenvalue weighted by Crippen LogP contribution is 2.37. The summed E-state index contributed by atoms with van der Waals surface area (Å²) in [6.45, 7) is 5.33. The molecule has 0 aliphatic carbocycles. The molecule has 2 aromatic rings. The summed E-state index contributed by atoms with van der Waals surface area (Å²) in [6, 6.07) is 11.6. The molecule has 0 bridgehead atoms. The number of piperidine rings is 1. The van der Waals surface area contributed by atoms with Gasteiger partial charge in [0.25, 0.3) is 0 Å². The number of carbonyl (C=O) groups is 2. The standard InChI is InChI=1S/C22H27N5O2/c1-2-27-19(28)10-9-18(20(27)17-7-4-3-5-8-17)21(29)25-13-15-26(16-14-25)22-23-11-6-12-24-22/h3-8,11-12,18,20H,2,9-10,13-16H2,1H3/t18-,20+/m1/s1. The van der Waals surface area contributed by atoms with E-state index in [2.05, 4.69) is 14.9 Å². The Kier molecular flexibility index (Phi) is 5.74. The van der Waals surface area contributed by atoms with E-state index in [0.29, 0.717) is 38.4 Å². The van der Waals surface area contributed by atoms with E-state index in [1.165, 1.54) is 0 Å². The summed E-state index contributed by atoms with van der Waals surface area (Å²) in [4.78, 5) is 40.6. The first-order valence-corrected chi connectivity index (χ1v) is 10.3. The summed E-state index contributed by atoms with van der Waals surface area (Å²) < 4.78 is 0. The van der Waals surface area contributed by atoms with Gasteiger partial charge in [-0.1, -0.05) is 30.3 Å². The van der Waals surface area contributed by atoms with Crippen molar-refractivity contribution in [2.45, 2.75) is 25.8 Å². The first-order valence-electron chi connectivity index (χ1n) is 10.3. The van der Waals surface area contributed by atoms with Crippen LogP contribution in [0, 0.1) is 5.92 Å². The molecule has 0 radical (unpaired) electrons. The Morgan fingerprint density at radius 2 is 1.72 bits per heavy atom. The fraction of sp³-hybridized carbons (Fsp3) is 0.455. The van der Waals surface area contributed by atoms with Crippen molar-refractivity contribution in [1.82, 2.24) is 19.8 Å². The lowest BCUT2D eigenvalue weighted by Crippen LogP contribution is -2.54. The normalized spacial score (nSPS) is 22.7. The molecule has 2 saturated heterocycles. The van der Waals surface area contributed by atoms with Crippen LogP contribution >= 0.6 is 0 Å². The number of hydrogen-bond donors (Lipinski definition) is 0. The minimum absolute atomic E-state index is 0.136. The van der Waals surface area contributed by atoms with Crippen LogP contribution in [0.2, 0.25) is 0 Å². The maximum atomic E-state index is 13.5. The topological polar surface area (TPSA) is 69.6 Å². The second-order valence-corrected chi connectivity index (χ2v) is 7.54. The first-order chi connectivity index (χ1) is 14.2. The molecule has 2 atom stereocenters. The van der Waals surface area contributed by atoms with Gasteiger partial charge in [-0.15, -0.1) is 0 Å². The lowest BCUT2D eigenvalue weighted by Gasteiger charge is -2.43. The Hall–Kier alpha value is -2.96. The van der Waals surface area contributed by atoms with Gasteiger partial charge in [0.2, 0.25) is 17.8 Å². The van der Waals surface area contributed by atoms with Gasteiger partial charge in [-0.05, 0) is 25.0 Å². The molecule has 2 aliphatic heterocycles. The zero-order chi connectivity index (χ0) is 20.2. The molecule has 1 aromatic heterocycles. The summed E-state index contributed by atoms with van der Waals surface area (Å²) in [6.07, 6.45) is 4.52. The third kappa shape index (κ3) is 3.95. The van der Waals surface area contributed by atoms with Gasteiger partial charge in [0.15, 0.2) is 0 Å². The van der Waals surface area contributed by atoms with E-state index in [1.807, 2.05) is 47.1 Å². The van der Waals surface area contributed by atoms with Gasteiger partial charge in [0.1, 0.15) is 0 Å². The van der Waals surface area contributed by atoms with E-state index in [1.54, 1.807) is 18.5 Å². The SMILES string of the molecule is CCN1C(=O)CC[C@@H](C(=O)N2CCN(c3ncccn3)CC2)[C@@H]1c1ccccc1. The highest BCUT2D eigenvalue weighted by molar-refractivity contribution is 5.85. The van der Waals surface area contributed by atoms with Crippen molar-refractivity contribution >= 4 is 17.8 Å². The van der Waals surface area contributed by atoms with Gasteiger partial charge in [-0.2, -0.15) is 0 Å². The van der Waals surface area contributed by atoms with Crippen molar-refractivity contribution in [2.24, 2.45) is 5.92 Å². The number of nitrogens with zero attached hydrogens (tertiary/aromatic N) is 5. The smallest absolute Gasteiger partial charge is 0.228 e. The Morgan fingerprint density at radius 1 is 1.03 bits per heavy atom. The molecule has 29 heavy (non-hydrogen) atoms. The molecule has 2 fully saturated rings. The molecule has 1 aromatic carbocycles. The predicted octanol–water partition coefficient (Wildman–Crippen LogP) is 2.12. The molecule has 2 amide bonds. The van der Waals surface area contributed by atoms with E-state index in [-0.39, 0.29) is 23.8 Å². The number of anilines is 1. The van der Waals surface area contributed by atoms with Crippen LogP contribution in [0.1, 0.15) is 31.4 Å². The van der Waals surface area contributed by atoms with Crippen LogP contribution < -0.4 is 4.90 Å². The predicted molar refractivity (Wildman–Crippen MR) is 110 cm³/mol. The van der Waals surface area contributed by atoms with Crippen LogP contribution in [0.15, 0.2) is 48.8 Å². The minimum atomic E-state index is -0.199. The summed E-state index contributed by atoms with van der Waals surface area (Å²) in [5.74, 6) is 0.798. The molecular weight excluding hydrogens is 366 g/mol. The van der Waals surface area contributed by atoms with Gasteiger partial charge in [-0.25, -0.2) is 9.97 Å². The van der Waals surface area contributed by atoms with Crippen molar-refractivity contribution in [1.29, 1.82) is 0 Å². The van der Waals surface area contributed by atoms with Gasteiger partial charge in [0.05, 0.1) is 12.0 Å². The third-order valence-corrected chi connectivity index (χ3v) is 5.93. The van der Waals surface area contributed by atoms with Crippen LogP contribution in [0.3, 0.4) is 0 Å². The number of likely N-dealkylation sites (tertiary alicyclic amines) is 1. The van der Waals surface area contributed by atoms with Crippen LogP contribution in [0.5, 0.6) is 0 Å². The van der Waals surface area contributed by atoms with E-state index >= 15 is 0 Å². The molecule has 0 saturated carbocycles. The van der Waals surface area contributed by atoms with E-state index in [0.717, 1.165) is 18.7 Å². The average Bonchev–Trinajstić information content (AvgIpc) is 2.79. The van der Waals surface area contributed by atoms with E-state index in [4.69, 9.17) is 0 Å². The average molecular weight is 393 g/mol. The van der Waals surface area contributed by atoms with Crippen molar-refractivity contribution in [3.63, 3.8) is 0 Å². The van der Waals surface area contributed by atoms with Gasteiger partial charge in [0, 0.05) is 51.5 Å². The minimum Gasteiger partial charge on any atom is -0.339 e. The van der Waals surface area contributed by atoms with Crippen LogP contribution in [0.25, 0.3) is 0 Å². The van der Waals surface area contributed by atoms with Crippen molar-refractivity contribution in [2.75, 3.05) is 37.6 Å². The maximum Gasteiger partial charge on any atom is 0.228 e. The lowest BCUT2D eigenvalue weighted by atomic mass is 9.83. The zero-order valence-corrected chi connectivity index (χ0v) is 16.8. The van der Waals surface area contributed by atoms with E-state index in [9.17, 15) is 9.59 Å². The van der Waals surface area contributed by atoms with Crippen LogP contribution in [-0.2, 0) is 9.59 Å². The Balaban J connectivity index is 1.50. The maximum absolute atomic E-state index is 13.5. The number of carbonyl (C=O) groups excluding carboxylic acids is 2. The van der Waals surface area contributed by atoms with Crippen molar-refractivity contribution < 1.29 is 9.59 Å². The Morgan fingerprint density at radius 3 is 2.38 bits per heavy atom. The second kappa shape index (κ2) is 8.59. The number of benzene rings is 1. The van der Waals surface area contributed by atoms with Gasteiger partial charge >= 0.3 is 0 Å². The summed E-state index contributed by atoms with van der Waals surface area (Å²) in [7, 11) is 0. The Bertz CT molecular complexity index is 837. The highest BCUT2D eigenvalue weighted by Gasteiger charge is 2.41. The number of amides is 2. The second-order valence-electron chi connectivity index (χ2n) is 7.54. The molecule has 7 nitrogen and oxygen atoms in total. The fourth-order valence-corrected chi connectivity index (χ4v) is 4.46. The molecule has 4 rings (SSSR count). The number of rotatable bonds is 4. The van der Waals surface area contributed by atoms with Crippen molar-refractivity contribution in [3.05, 3.63) is 54.4 Å². The molecule has 0 spiro atoms. The van der Waals surface area contributed by atoms with Crippen LogP contribution in [0.4, 0.5) is 5.95 Å². The quantitative estimate of drug-likeness (QED) is 0.796. The summed E-state index contributed by atoms with van der Waals surface area (Å²) in [5, 5.41) is 0. The summed E-state index contributed by atoms with van der Waals surface area (Å²) in [5.41, 5.74) is 1.04. The lowest BCUT2D eigenvalue weighted by molar-refractivity contribution is -0.148. The fourth-order valence-electron chi connectivity index (χ4n) is 4.46. The van der Waals surface area contributed by atoms with Crippen molar-refractivity contribution in [3.8, 4) is 0 Å². The molecule has 152 valence electrons. The molecule has 3 heterocycles. The number of piperazine rings is 1. The molecule has 0 N–H and O–H groups in total. The molecule has 2 aliphatic rings. The molecule has 0 unspecified atom stereocenters. The monoisotopic (exact) mass is 393 g/mol. The van der Waals surface area contributed by atoms with E-state index < -0.39 is 0 Å². The van der Waals surface area contributed by atoms with Crippen LogP contribution in [-0.4, -0.2) is 64.3 Å². The summed E-state index contributed by atoms with van der Waals surface area (Å²) >= 11 is 0. The first kappa shape index (κ1) is 19.4.